The van der Waals surface area contributed by atoms with Gasteiger partial charge < -0.3 is 9.80 Å². The molecule has 0 bridgehead atoms. The van der Waals surface area contributed by atoms with Crippen LogP contribution in [0.5, 0.6) is 0 Å². The van der Waals surface area contributed by atoms with E-state index >= 15 is 0 Å². The third kappa shape index (κ3) is 3.07. The Balaban J connectivity index is 3.54. The summed E-state index contributed by atoms with van der Waals surface area (Å²) in [6, 6.07) is 6.38. The third-order valence-corrected chi connectivity index (χ3v) is 4.07. The van der Waals surface area contributed by atoms with E-state index in [2.05, 4.69) is 84.3 Å². The molecule has 0 N–H and O–H groups in total. The molecule has 1 aromatic rings. The van der Waals surface area contributed by atoms with E-state index in [0.29, 0.717) is 0 Å². The molecule has 0 saturated heterocycles. The number of hydrogen-bond acceptors (Lipinski definition) is 2. The number of benzene rings is 1. The van der Waals surface area contributed by atoms with Crippen LogP contribution >= 0.6 is 22.6 Å². The molecule has 3 heteroatoms. The highest BCUT2D eigenvalue weighted by Crippen LogP contribution is 2.35. The molecule has 0 amide bonds. The van der Waals surface area contributed by atoms with Crippen molar-refractivity contribution >= 4 is 37.6 Å². The van der Waals surface area contributed by atoms with Gasteiger partial charge in [-0.2, -0.15) is 0 Å². The topological polar surface area (TPSA) is 6.48 Å². The molecule has 0 heterocycles. The first kappa shape index (κ1) is 15.1. The number of anilines is 1. The van der Waals surface area contributed by atoms with Gasteiger partial charge in [-0.25, -0.2) is 0 Å². The van der Waals surface area contributed by atoms with E-state index in [-0.39, 0.29) is 0 Å². The van der Waals surface area contributed by atoms with Crippen molar-refractivity contribution in [2.45, 2.75) is 6.92 Å². The van der Waals surface area contributed by atoms with Gasteiger partial charge in [-0.15, -0.1) is 0 Å². The van der Waals surface area contributed by atoms with Crippen LogP contribution in [0, 0.1) is 0 Å². The van der Waals surface area contributed by atoms with Gasteiger partial charge in [0.1, 0.15) is 0 Å². The fraction of sp³-hybridized carbons (Fsp3) is 0.333. The molecular formula is C15H21IN2. The van der Waals surface area contributed by atoms with Crippen LogP contribution in [0.2, 0.25) is 0 Å². The smallest absolute Gasteiger partial charge is 0.0461 e. The molecule has 0 aliphatic carbocycles. The predicted octanol–water partition coefficient (Wildman–Crippen LogP) is 4.08. The van der Waals surface area contributed by atoms with Crippen LogP contribution in [0.1, 0.15) is 18.1 Å². The number of nitrogens with zero attached hydrogens (tertiary/aromatic N) is 2. The summed E-state index contributed by atoms with van der Waals surface area (Å²) in [7, 11) is 8.18. The van der Waals surface area contributed by atoms with Crippen molar-refractivity contribution in [3.05, 3.63) is 42.0 Å². The molecule has 0 aromatic heterocycles. The largest absolute Gasteiger partial charge is 0.378 e. The van der Waals surface area contributed by atoms with E-state index in [1.54, 1.807) is 0 Å². The molecule has 98 valence electrons. The van der Waals surface area contributed by atoms with Gasteiger partial charge in [-0.05, 0) is 41.1 Å². The van der Waals surface area contributed by atoms with Crippen molar-refractivity contribution in [2.24, 2.45) is 0 Å². The van der Waals surface area contributed by atoms with E-state index in [1.165, 1.54) is 20.4 Å². The summed E-state index contributed by atoms with van der Waals surface area (Å²) < 4.78 is 1.24. The second-order valence-corrected chi connectivity index (χ2v) is 5.73. The number of halogens is 1. The highest BCUT2D eigenvalue weighted by atomic mass is 127. The number of allylic oxidation sites excluding steroid dienone is 1. The van der Waals surface area contributed by atoms with Crippen molar-refractivity contribution in [3.63, 3.8) is 0 Å². The van der Waals surface area contributed by atoms with Gasteiger partial charge in [0.2, 0.25) is 0 Å². The van der Waals surface area contributed by atoms with Crippen molar-refractivity contribution in [1.82, 2.24) is 4.90 Å². The Bertz CT molecular complexity index is 473. The molecule has 1 rings (SSSR count). The van der Waals surface area contributed by atoms with Gasteiger partial charge in [0.25, 0.3) is 0 Å². The Morgan fingerprint density at radius 3 is 2.28 bits per heavy atom. The fourth-order valence-corrected chi connectivity index (χ4v) is 2.24. The molecule has 0 radical (unpaired) electrons. The number of rotatable bonds is 4. The maximum absolute atomic E-state index is 4.21. The van der Waals surface area contributed by atoms with Gasteiger partial charge in [0, 0.05) is 48.7 Å². The van der Waals surface area contributed by atoms with Crippen molar-refractivity contribution < 1.29 is 0 Å². The minimum absolute atomic E-state index is 1.03. The second kappa shape index (κ2) is 6.27. The first-order valence-electron chi connectivity index (χ1n) is 5.89. The zero-order valence-corrected chi connectivity index (χ0v) is 13.9. The molecule has 0 spiro atoms. The predicted molar refractivity (Wildman–Crippen MR) is 91.2 cm³/mol. The van der Waals surface area contributed by atoms with Crippen LogP contribution in [0.3, 0.4) is 0 Å². The maximum Gasteiger partial charge on any atom is 0.0461 e. The summed E-state index contributed by atoms with van der Waals surface area (Å²) in [6.07, 6.45) is 2.13. The molecule has 2 nitrogen and oxygen atoms in total. The van der Waals surface area contributed by atoms with Gasteiger partial charge >= 0.3 is 0 Å². The highest BCUT2D eigenvalue weighted by Gasteiger charge is 2.15. The Hall–Kier alpha value is -0.970. The fourth-order valence-electron chi connectivity index (χ4n) is 1.79. The van der Waals surface area contributed by atoms with Crippen LogP contribution < -0.4 is 4.90 Å². The van der Waals surface area contributed by atoms with E-state index in [0.717, 1.165) is 5.70 Å². The SMILES string of the molecule is C=C(c1c(/C(I)=C\C)cccc1N(C)C)N(C)C. The van der Waals surface area contributed by atoms with Crippen LogP contribution in [-0.4, -0.2) is 33.1 Å². The van der Waals surface area contributed by atoms with E-state index in [4.69, 9.17) is 0 Å². The molecule has 0 unspecified atom stereocenters. The normalized spacial score (nSPS) is 11.3. The van der Waals surface area contributed by atoms with Crippen molar-refractivity contribution in [2.75, 3.05) is 33.1 Å². The molecule has 18 heavy (non-hydrogen) atoms. The minimum atomic E-state index is 1.03. The lowest BCUT2D eigenvalue weighted by Gasteiger charge is -2.25. The van der Waals surface area contributed by atoms with Gasteiger partial charge in [-0.3, -0.25) is 0 Å². The zero-order chi connectivity index (χ0) is 13.9. The average molecular weight is 356 g/mol. The average Bonchev–Trinajstić information content (AvgIpc) is 2.35. The lowest BCUT2D eigenvalue weighted by molar-refractivity contribution is 0.593. The summed E-state index contributed by atoms with van der Waals surface area (Å²) in [5.74, 6) is 0. The molecule has 0 aliphatic rings. The monoisotopic (exact) mass is 356 g/mol. The minimum Gasteiger partial charge on any atom is -0.378 e. The van der Waals surface area contributed by atoms with Gasteiger partial charge in [0.15, 0.2) is 0 Å². The first-order chi connectivity index (χ1) is 8.40. The number of hydrogen-bond donors (Lipinski definition) is 0. The molecule has 0 fully saturated rings. The Labute approximate surface area is 124 Å². The van der Waals surface area contributed by atoms with Crippen LogP contribution in [0.25, 0.3) is 9.28 Å². The van der Waals surface area contributed by atoms with Crippen LogP contribution in [0.15, 0.2) is 30.9 Å². The first-order valence-corrected chi connectivity index (χ1v) is 6.97. The summed E-state index contributed by atoms with van der Waals surface area (Å²) in [4.78, 5) is 4.19. The molecular weight excluding hydrogens is 335 g/mol. The molecule has 0 saturated carbocycles. The Morgan fingerprint density at radius 2 is 1.83 bits per heavy atom. The summed E-state index contributed by atoms with van der Waals surface area (Å²) in [5, 5.41) is 0. The molecule has 1 aromatic carbocycles. The standard InChI is InChI=1S/C15H21IN2/c1-7-13(16)12-9-8-10-14(18(5)6)15(12)11(2)17(3)4/h7-10H,2H2,1,3-6H3/b13-7+. The van der Waals surface area contributed by atoms with E-state index in [1.807, 2.05) is 14.1 Å². The zero-order valence-electron chi connectivity index (χ0n) is 11.8. The Kier molecular flexibility index (Phi) is 5.26. The third-order valence-electron chi connectivity index (χ3n) is 2.86. The van der Waals surface area contributed by atoms with E-state index < -0.39 is 0 Å². The van der Waals surface area contributed by atoms with Crippen molar-refractivity contribution in [1.29, 1.82) is 0 Å². The van der Waals surface area contributed by atoms with E-state index in [9.17, 15) is 0 Å². The second-order valence-electron chi connectivity index (χ2n) is 4.57. The quantitative estimate of drug-likeness (QED) is 0.750. The summed E-state index contributed by atoms with van der Waals surface area (Å²) in [5.41, 5.74) is 4.67. The molecule has 0 aliphatic heterocycles. The molecule has 0 atom stereocenters. The van der Waals surface area contributed by atoms with Gasteiger partial charge in [0.05, 0.1) is 0 Å². The van der Waals surface area contributed by atoms with Gasteiger partial charge in [-0.1, -0.05) is 24.8 Å². The van der Waals surface area contributed by atoms with Crippen LogP contribution in [0.4, 0.5) is 5.69 Å². The van der Waals surface area contributed by atoms with Crippen LogP contribution in [-0.2, 0) is 0 Å². The maximum atomic E-state index is 4.21. The highest BCUT2D eigenvalue weighted by molar-refractivity contribution is 14.1. The Morgan fingerprint density at radius 1 is 1.22 bits per heavy atom. The lowest BCUT2D eigenvalue weighted by atomic mass is 10.0. The lowest BCUT2D eigenvalue weighted by Crippen LogP contribution is -2.16. The van der Waals surface area contributed by atoms with Crippen molar-refractivity contribution in [3.8, 4) is 0 Å². The summed E-state index contributed by atoms with van der Waals surface area (Å²) >= 11 is 2.38. The summed E-state index contributed by atoms with van der Waals surface area (Å²) in [6.45, 7) is 6.28.